The van der Waals surface area contributed by atoms with Gasteiger partial charge >= 0.3 is 0 Å². The number of furan rings is 1. The lowest BCUT2D eigenvalue weighted by Crippen LogP contribution is -2.28. The number of rotatable bonds is 9. The molecule has 0 fully saturated rings. The van der Waals surface area contributed by atoms with Crippen LogP contribution in [0.25, 0.3) is 0 Å². The van der Waals surface area contributed by atoms with Gasteiger partial charge in [-0.1, -0.05) is 23.7 Å². The minimum absolute atomic E-state index is 0.481. The van der Waals surface area contributed by atoms with Crippen LogP contribution in [0.5, 0.6) is 0 Å². The molecule has 1 unspecified atom stereocenters. The van der Waals surface area contributed by atoms with E-state index in [0.29, 0.717) is 5.92 Å². The van der Waals surface area contributed by atoms with Crippen LogP contribution in [0.2, 0.25) is 5.02 Å². The third kappa shape index (κ3) is 5.92. The average Bonchev–Trinajstić information content (AvgIpc) is 2.99. The maximum absolute atomic E-state index is 5.94. The Morgan fingerprint density at radius 2 is 2.00 bits per heavy atom. The van der Waals surface area contributed by atoms with Crippen molar-refractivity contribution in [1.29, 1.82) is 0 Å². The Bertz CT molecular complexity index is 496. The number of halogens is 1. The summed E-state index contributed by atoms with van der Waals surface area (Å²) in [5.74, 6) is 1.51. The van der Waals surface area contributed by atoms with Gasteiger partial charge in [0.15, 0.2) is 0 Å². The summed E-state index contributed by atoms with van der Waals surface area (Å²) in [7, 11) is 1.72. The summed E-state index contributed by atoms with van der Waals surface area (Å²) in [6, 6.07) is 12.0. The topological polar surface area (TPSA) is 34.4 Å². The summed E-state index contributed by atoms with van der Waals surface area (Å²) >= 11 is 5.94. The summed E-state index contributed by atoms with van der Waals surface area (Å²) in [4.78, 5) is 0. The molecule has 0 spiro atoms. The molecule has 114 valence electrons. The van der Waals surface area contributed by atoms with Crippen LogP contribution >= 0.6 is 11.6 Å². The number of benzene rings is 1. The van der Waals surface area contributed by atoms with E-state index < -0.39 is 0 Å². The number of nitrogens with one attached hydrogen (secondary N) is 1. The Morgan fingerprint density at radius 3 is 2.67 bits per heavy atom. The van der Waals surface area contributed by atoms with Crippen LogP contribution in [0.15, 0.2) is 47.1 Å². The van der Waals surface area contributed by atoms with Crippen molar-refractivity contribution >= 4 is 11.6 Å². The fourth-order valence-corrected chi connectivity index (χ4v) is 2.49. The lowest BCUT2D eigenvalue weighted by molar-refractivity contribution is 0.197. The van der Waals surface area contributed by atoms with Gasteiger partial charge < -0.3 is 14.5 Å². The van der Waals surface area contributed by atoms with Crippen LogP contribution < -0.4 is 5.32 Å². The van der Waals surface area contributed by atoms with Gasteiger partial charge in [0.05, 0.1) is 12.9 Å². The second-order valence-electron chi connectivity index (χ2n) is 5.18. The van der Waals surface area contributed by atoms with Gasteiger partial charge in [-0.25, -0.2) is 0 Å². The van der Waals surface area contributed by atoms with E-state index in [1.54, 1.807) is 13.4 Å². The summed E-state index contributed by atoms with van der Waals surface area (Å²) in [6.07, 6.45) is 3.65. The van der Waals surface area contributed by atoms with E-state index in [9.17, 15) is 0 Å². The third-order valence-corrected chi connectivity index (χ3v) is 3.68. The smallest absolute Gasteiger partial charge is 0.104 e. The van der Waals surface area contributed by atoms with Gasteiger partial charge in [-0.05, 0) is 48.7 Å². The Hall–Kier alpha value is -1.29. The van der Waals surface area contributed by atoms with E-state index >= 15 is 0 Å². The van der Waals surface area contributed by atoms with E-state index in [0.717, 1.165) is 43.3 Å². The predicted molar refractivity (Wildman–Crippen MR) is 85.8 cm³/mol. The van der Waals surface area contributed by atoms with Gasteiger partial charge in [0.1, 0.15) is 5.76 Å². The van der Waals surface area contributed by atoms with E-state index in [1.807, 2.05) is 24.3 Å². The zero-order valence-corrected chi connectivity index (χ0v) is 13.1. The summed E-state index contributed by atoms with van der Waals surface area (Å²) in [6.45, 7) is 2.53. The molecular weight excluding hydrogens is 286 g/mol. The Labute approximate surface area is 131 Å². The first-order valence-electron chi connectivity index (χ1n) is 7.24. The van der Waals surface area contributed by atoms with Gasteiger partial charge in [-0.15, -0.1) is 0 Å². The fraction of sp³-hybridized carbons (Fsp3) is 0.412. The van der Waals surface area contributed by atoms with Crippen LogP contribution in [0.4, 0.5) is 0 Å². The number of ether oxygens (including phenoxy) is 1. The quantitative estimate of drug-likeness (QED) is 0.719. The zero-order chi connectivity index (χ0) is 14.9. The van der Waals surface area contributed by atoms with Gasteiger partial charge in [0.2, 0.25) is 0 Å². The third-order valence-electron chi connectivity index (χ3n) is 3.42. The Kier molecular flexibility index (Phi) is 6.80. The minimum atomic E-state index is 0.481. The highest BCUT2D eigenvalue weighted by molar-refractivity contribution is 6.30. The molecule has 21 heavy (non-hydrogen) atoms. The van der Waals surface area contributed by atoms with Crippen molar-refractivity contribution in [2.24, 2.45) is 5.92 Å². The van der Waals surface area contributed by atoms with E-state index in [2.05, 4.69) is 17.4 Å². The summed E-state index contributed by atoms with van der Waals surface area (Å²) < 4.78 is 10.5. The lowest BCUT2D eigenvalue weighted by Gasteiger charge is -2.17. The second kappa shape index (κ2) is 8.88. The van der Waals surface area contributed by atoms with Crippen molar-refractivity contribution in [3.8, 4) is 0 Å². The molecule has 1 heterocycles. The molecule has 0 aliphatic carbocycles. The molecule has 0 aliphatic rings. The molecule has 3 nitrogen and oxygen atoms in total. The molecule has 0 amide bonds. The van der Waals surface area contributed by atoms with Crippen LogP contribution in [0, 0.1) is 5.92 Å². The fourth-order valence-electron chi connectivity index (χ4n) is 2.36. The van der Waals surface area contributed by atoms with Crippen molar-refractivity contribution < 1.29 is 9.15 Å². The van der Waals surface area contributed by atoms with Crippen molar-refractivity contribution in [2.45, 2.75) is 12.8 Å². The number of methoxy groups -OCH3 is 1. The molecule has 0 bridgehead atoms. The molecular formula is C17H22ClNO2. The molecule has 2 aromatic rings. The first-order chi connectivity index (χ1) is 10.3. The van der Waals surface area contributed by atoms with Gasteiger partial charge in [-0.2, -0.15) is 0 Å². The minimum Gasteiger partial charge on any atom is -0.469 e. The van der Waals surface area contributed by atoms with E-state index in [-0.39, 0.29) is 0 Å². The predicted octanol–water partition coefficient (Wildman–Crippen LogP) is 3.57. The van der Waals surface area contributed by atoms with Crippen LogP contribution in [-0.4, -0.2) is 26.8 Å². The highest BCUT2D eigenvalue weighted by atomic mass is 35.5. The zero-order valence-electron chi connectivity index (χ0n) is 12.3. The van der Waals surface area contributed by atoms with Crippen LogP contribution in [-0.2, 0) is 17.6 Å². The maximum atomic E-state index is 5.94. The number of hydrogen-bond donors (Lipinski definition) is 1. The molecule has 2 rings (SSSR count). The normalized spacial score (nSPS) is 12.5. The van der Waals surface area contributed by atoms with E-state index in [1.165, 1.54) is 5.56 Å². The lowest BCUT2D eigenvalue weighted by atomic mass is 9.95. The molecule has 0 saturated carbocycles. The van der Waals surface area contributed by atoms with Gasteiger partial charge in [-0.3, -0.25) is 0 Å². The SMILES string of the molecule is COCCNCC(Cc1ccc(Cl)cc1)Cc1ccco1. The summed E-state index contributed by atoms with van der Waals surface area (Å²) in [5, 5.41) is 4.22. The van der Waals surface area contributed by atoms with Gasteiger partial charge in [0, 0.05) is 25.1 Å². The molecule has 1 aromatic carbocycles. The van der Waals surface area contributed by atoms with Gasteiger partial charge in [0.25, 0.3) is 0 Å². The molecule has 1 atom stereocenters. The Morgan fingerprint density at radius 1 is 1.19 bits per heavy atom. The summed E-state index contributed by atoms with van der Waals surface area (Å²) in [5.41, 5.74) is 1.30. The molecule has 1 aromatic heterocycles. The molecule has 0 aliphatic heterocycles. The first kappa shape index (κ1) is 16.1. The average molecular weight is 308 g/mol. The highest BCUT2D eigenvalue weighted by Crippen LogP contribution is 2.17. The van der Waals surface area contributed by atoms with Crippen LogP contribution in [0.3, 0.4) is 0 Å². The van der Waals surface area contributed by atoms with Crippen molar-refractivity contribution in [3.63, 3.8) is 0 Å². The van der Waals surface area contributed by atoms with E-state index in [4.69, 9.17) is 20.8 Å². The second-order valence-corrected chi connectivity index (χ2v) is 5.61. The standard InChI is InChI=1S/C17H22ClNO2/c1-20-10-8-19-13-15(12-17-3-2-9-21-17)11-14-4-6-16(18)7-5-14/h2-7,9,15,19H,8,10-13H2,1H3. The van der Waals surface area contributed by atoms with Crippen molar-refractivity contribution in [3.05, 3.63) is 59.0 Å². The van der Waals surface area contributed by atoms with Crippen molar-refractivity contribution in [1.82, 2.24) is 5.32 Å². The monoisotopic (exact) mass is 307 g/mol. The molecule has 4 heteroatoms. The van der Waals surface area contributed by atoms with Crippen LogP contribution in [0.1, 0.15) is 11.3 Å². The molecule has 0 radical (unpaired) electrons. The first-order valence-corrected chi connectivity index (χ1v) is 7.62. The molecule has 0 saturated heterocycles. The van der Waals surface area contributed by atoms with Crippen molar-refractivity contribution in [2.75, 3.05) is 26.8 Å². The maximum Gasteiger partial charge on any atom is 0.104 e. The number of hydrogen-bond acceptors (Lipinski definition) is 3. The largest absolute Gasteiger partial charge is 0.469 e. The highest BCUT2D eigenvalue weighted by Gasteiger charge is 2.12. The Balaban J connectivity index is 1.91. The molecule has 1 N–H and O–H groups in total.